The van der Waals surface area contributed by atoms with E-state index in [1.165, 1.54) is 7.11 Å². The number of hydrogen-bond acceptors (Lipinski definition) is 4. The first-order valence-electron chi connectivity index (χ1n) is 7.10. The molecule has 0 saturated carbocycles. The summed E-state index contributed by atoms with van der Waals surface area (Å²) in [4.78, 5) is 11.8. The zero-order valence-corrected chi connectivity index (χ0v) is 12.8. The summed E-state index contributed by atoms with van der Waals surface area (Å²) in [7, 11) is 3.08. The molecule has 0 spiro atoms. The van der Waals surface area contributed by atoms with Gasteiger partial charge in [0.05, 0.1) is 14.2 Å². The molecule has 0 saturated heterocycles. The molecule has 112 valence electrons. The van der Waals surface area contributed by atoms with Gasteiger partial charge in [0.25, 0.3) is 0 Å². The highest BCUT2D eigenvalue weighted by atomic mass is 16.5. The van der Waals surface area contributed by atoms with Crippen molar-refractivity contribution in [1.82, 2.24) is 5.32 Å². The number of unbranched alkanes of at least 4 members (excludes halogenated alkanes) is 1. The average molecular weight is 279 g/mol. The van der Waals surface area contributed by atoms with Gasteiger partial charge in [0.1, 0.15) is 11.8 Å². The highest BCUT2D eigenvalue weighted by Gasteiger charge is 2.20. The SMILES string of the molecule is CCCCC(N[C@@H](C)c1ccc(OC)cc1)C(=O)OC. The van der Waals surface area contributed by atoms with Crippen molar-refractivity contribution in [3.8, 4) is 5.75 Å². The van der Waals surface area contributed by atoms with E-state index in [9.17, 15) is 4.79 Å². The lowest BCUT2D eigenvalue weighted by atomic mass is 10.0. The van der Waals surface area contributed by atoms with Gasteiger partial charge < -0.3 is 9.47 Å². The first-order chi connectivity index (χ1) is 9.62. The van der Waals surface area contributed by atoms with Crippen molar-refractivity contribution in [3.05, 3.63) is 29.8 Å². The molecule has 1 aromatic rings. The van der Waals surface area contributed by atoms with Gasteiger partial charge in [-0.25, -0.2) is 0 Å². The van der Waals surface area contributed by atoms with Crippen LogP contribution in [0.3, 0.4) is 0 Å². The van der Waals surface area contributed by atoms with Crippen molar-refractivity contribution in [2.45, 2.75) is 45.2 Å². The van der Waals surface area contributed by atoms with Gasteiger partial charge in [-0.05, 0) is 31.0 Å². The fraction of sp³-hybridized carbons (Fsp3) is 0.562. The number of esters is 1. The molecule has 1 rings (SSSR count). The Morgan fingerprint density at radius 3 is 2.40 bits per heavy atom. The molecular weight excluding hydrogens is 254 g/mol. The van der Waals surface area contributed by atoms with E-state index < -0.39 is 0 Å². The van der Waals surface area contributed by atoms with E-state index in [-0.39, 0.29) is 18.1 Å². The Balaban J connectivity index is 2.67. The number of ether oxygens (including phenoxy) is 2. The van der Waals surface area contributed by atoms with Crippen molar-refractivity contribution in [1.29, 1.82) is 0 Å². The minimum Gasteiger partial charge on any atom is -0.497 e. The topological polar surface area (TPSA) is 47.6 Å². The lowest BCUT2D eigenvalue weighted by molar-refractivity contribution is -0.143. The Bertz CT molecular complexity index is 403. The van der Waals surface area contributed by atoms with Crippen molar-refractivity contribution in [2.75, 3.05) is 14.2 Å². The number of carbonyl (C=O) groups excluding carboxylic acids is 1. The summed E-state index contributed by atoms with van der Waals surface area (Å²) in [5.41, 5.74) is 1.12. The monoisotopic (exact) mass is 279 g/mol. The fourth-order valence-electron chi connectivity index (χ4n) is 2.11. The average Bonchev–Trinajstić information content (AvgIpc) is 2.50. The standard InChI is InChI=1S/C16H25NO3/c1-5-6-7-15(16(18)20-4)17-12(2)13-8-10-14(19-3)11-9-13/h8-12,15,17H,5-7H2,1-4H3/t12-,15?/m0/s1. The lowest BCUT2D eigenvalue weighted by Crippen LogP contribution is -2.39. The van der Waals surface area contributed by atoms with E-state index in [1.54, 1.807) is 7.11 Å². The van der Waals surface area contributed by atoms with E-state index in [1.807, 2.05) is 31.2 Å². The van der Waals surface area contributed by atoms with Crippen LogP contribution in [0.5, 0.6) is 5.75 Å². The molecule has 0 heterocycles. The number of benzene rings is 1. The second-order valence-electron chi connectivity index (χ2n) is 4.88. The van der Waals surface area contributed by atoms with E-state index in [0.29, 0.717) is 0 Å². The molecule has 1 aromatic carbocycles. The Morgan fingerprint density at radius 1 is 1.25 bits per heavy atom. The maximum absolute atomic E-state index is 11.8. The summed E-state index contributed by atoms with van der Waals surface area (Å²) in [6.07, 6.45) is 2.86. The Hall–Kier alpha value is -1.55. The van der Waals surface area contributed by atoms with Gasteiger partial charge >= 0.3 is 5.97 Å². The summed E-state index contributed by atoms with van der Waals surface area (Å²) < 4.78 is 10.0. The fourth-order valence-corrected chi connectivity index (χ4v) is 2.11. The van der Waals surface area contributed by atoms with E-state index in [0.717, 1.165) is 30.6 Å². The quantitative estimate of drug-likeness (QED) is 0.743. The van der Waals surface area contributed by atoms with Crippen LogP contribution < -0.4 is 10.1 Å². The van der Waals surface area contributed by atoms with Crippen molar-refractivity contribution < 1.29 is 14.3 Å². The van der Waals surface area contributed by atoms with Crippen LogP contribution in [0.2, 0.25) is 0 Å². The number of nitrogens with one attached hydrogen (secondary N) is 1. The molecule has 1 unspecified atom stereocenters. The van der Waals surface area contributed by atoms with Crippen LogP contribution in [0.1, 0.15) is 44.7 Å². The van der Waals surface area contributed by atoms with Gasteiger partial charge in [-0.15, -0.1) is 0 Å². The van der Waals surface area contributed by atoms with Gasteiger partial charge in [-0.3, -0.25) is 10.1 Å². The third-order valence-electron chi connectivity index (χ3n) is 3.40. The smallest absolute Gasteiger partial charge is 0.322 e. The van der Waals surface area contributed by atoms with E-state index >= 15 is 0 Å². The molecule has 4 nitrogen and oxygen atoms in total. The highest BCUT2D eigenvalue weighted by Crippen LogP contribution is 2.18. The van der Waals surface area contributed by atoms with Crippen LogP contribution >= 0.6 is 0 Å². The molecule has 4 heteroatoms. The van der Waals surface area contributed by atoms with Crippen molar-refractivity contribution in [3.63, 3.8) is 0 Å². The van der Waals surface area contributed by atoms with Crippen molar-refractivity contribution >= 4 is 5.97 Å². The second-order valence-corrected chi connectivity index (χ2v) is 4.88. The predicted octanol–water partition coefficient (Wildman–Crippen LogP) is 3.08. The summed E-state index contributed by atoms with van der Waals surface area (Å²) in [6, 6.07) is 7.69. The van der Waals surface area contributed by atoms with Gasteiger partial charge in [-0.1, -0.05) is 31.9 Å². The maximum Gasteiger partial charge on any atom is 0.322 e. The molecular formula is C16H25NO3. The summed E-state index contributed by atoms with van der Waals surface area (Å²) in [6.45, 7) is 4.16. The number of methoxy groups -OCH3 is 2. The lowest BCUT2D eigenvalue weighted by Gasteiger charge is -2.22. The van der Waals surface area contributed by atoms with Crippen LogP contribution in [-0.4, -0.2) is 26.2 Å². The zero-order valence-electron chi connectivity index (χ0n) is 12.8. The Kier molecular flexibility index (Phi) is 7.09. The van der Waals surface area contributed by atoms with Gasteiger partial charge in [0.2, 0.25) is 0 Å². The third-order valence-corrected chi connectivity index (χ3v) is 3.40. The number of hydrogen-bond donors (Lipinski definition) is 1. The van der Waals surface area contributed by atoms with Crippen LogP contribution in [0.4, 0.5) is 0 Å². The van der Waals surface area contributed by atoms with Gasteiger partial charge in [0.15, 0.2) is 0 Å². The van der Waals surface area contributed by atoms with Crippen molar-refractivity contribution in [2.24, 2.45) is 0 Å². The van der Waals surface area contributed by atoms with E-state index in [2.05, 4.69) is 12.2 Å². The minimum atomic E-state index is -0.253. The van der Waals surface area contributed by atoms with Gasteiger partial charge in [-0.2, -0.15) is 0 Å². The van der Waals surface area contributed by atoms with Crippen LogP contribution in [0.25, 0.3) is 0 Å². The van der Waals surface area contributed by atoms with Gasteiger partial charge in [0, 0.05) is 6.04 Å². The first-order valence-corrected chi connectivity index (χ1v) is 7.10. The second kappa shape index (κ2) is 8.59. The molecule has 0 bridgehead atoms. The molecule has 0 amide bonds. The Morgan fingerprint density at radius 2 is 1.90 bits per heavy atom. The largest absolute Gasteiger partial charge is 0.497 e. The number of carbonyl (C=O) groups is 1. The zero-order chi connectivity index (χ0) is 15.0. The maximum atomic E-state index is 11.8. The van der Waals surface area contributed by atoms with E-state index in [4.69, 9.17) is 9.47 Å². The summed E-state index contributed by atoms with van der Waals surface area (Å²) in [5, 5.41) is 3.34. The molecule has 0 aliphatic heterocycles. The Labute approximate surface area is 121 Å². The highest BCUT2D eigenvalue weighted by molar-refractivity contribution is 5.75. The molecule has 0 fully saturated rings. The predicted molar refractivity (Wildman–Crippen MR) is 79.9 cm³/mol. The summed E-state index contributed by atoms with van der Waals surface area (Å²) in [5.74, 6) is 0.635. The number of rotatable bonds is 8. The minimum absolute atomic E-state index is 0.0851. The molecule has 0 aliphatic rings. The summed E-state index contributed by atoms with van der Waals surface area (Å²) >= 11 is 0. The van der Waals surface area contributed by atoms with Crippen LogP contribution in [0.15, 0.2) is 24.3 Å². The molecule has 2 atom stereocenters. The molecule has 20 heavy (non-hydrogen) atoms. The van der Waals surface area contributed by atoms with Crippen LogP contribution in [-0.2, 0) is 9.53 Å². The molecule has 0 radical (unpaired) electrons. The molecule has 0 aliphatic carbocycles. The molecule has 0 aromatic heterocycles. The normalized spacial score (nSPS) is 13.6. The molecule has 1 N–H and O–H groups in total. The third kappa shape index (κ3) is 4.85. The van der Waals surface area contributed by atoms with Crippen LogP contribution in [0, 0.1) is 0 Å². The first kappa shape index (κ1) is 16.5.